The number of esters is 1. The van der Waals surface area contributed by atoms with E-state index in [0.717, 1.165) is 0 Å². The van der Waals surface area contributed by atoms with Crippen molar-refractivity contribution in [2.24, 2.45) is 0 Å². The van der Waals surface area contributed by atoms with Crippen LogP contribution in [0, 0.1) is 0 Å². The quantitative estimate of drug-likeness (QED) is 0.164. The average molecular weight is 441 g/mol. The van der Waals surface area contributed by atoms with Gasteiger partial charge in [0.25, 0.3) is 11.2 Å². The van der Waals surface area contributed by atoms with Crippen molar-refractivity contribution in [3.8, 4) is 0 Å². The van der Waals surface area contributed by atoms with E-state index >= 15 is 0 Å². The molecule has 0 spiro atoms. The Hall–Kier alpha value is -0.893. The molecule has 0 aromatic rings. The first-order valence-corrected chi connectivity index (χ1v) is 11.3. The van der Waals surface area contributed by atoms with E-state index in [1.54, 1.807) is 0 Å². The second kappa shape index (κ2) is 12.7. The van der Waals surface area contributed by atoms with E-state index in [-0.39, 0.29) is 18.6 Å². The number of carbonyl (C=O) groups excluding carboxylic acids is 1. The van der Waals surface area contributed by atoms with Gasteiger partial charge in [0.2, 0.25) is 0 Å². The zero-order valence-electron chi connectivity index (χ0n) is 18.7. The molecule has 0 saturated heterocycles. The minimum Gasteiger partial charge on any atom is -0.433 e. The Balaban J connectivity index is 6.70. The maximum atomic E-state index is 12.1. The predicted molar refractivity (Wildman–Crippen MR) is 106 cm³/mol. The zero-order valence-corrected chi connectivity index (χ0v) is 19.7. The van der Waals surface area contributed by atoms with Crippen LogP contribution in [0.5, 0.6) is 0 Å². The Labute approximate surface area is 174 Å². The number of rotatable bonds is 16. The van der Waals surface area contributed by atoms with Crippen LogP contribution in [0.15, 0.2) is 12.2 Å². The van der Waals surface area contributed by atoms with Gasteiger partial charge in [0.15, 0.2) is 6.29 Å². The molecule has 0 fully saturated rings. The third-order valence-electron chi connectivity index (χ3n) is 4.49. The van der Waals surface area contributed by atoms with E-state index in [1.165, 1.54) is 49.6 Å². The Morgan fingerprint density at radius 2 is 1.38 bits per heavy atom. The van der Waals surface area contributed by atoms with Crippen molar-refractivity contribution in [3.05, 3.63) is 12.2 Å². The Bertz CT molecular complexity index is 468. The van der Waals surface area contributed by atoms with Crippen LogP contribution in [-0.4, -0.2) is 86.1 Å². The van der Waals surface area contributed by atoms with Gasteiger partial charge in [-0.15, -0.1) is 0 Å². The van der Waals surface area contributed by atoms with Crippen LogP contribution in [-0.2, 0) is 42.4 Å². The first-order chi connectivity index (χ1) is 13.7. The highest BCUT2D eigenvalue weighted by atomic mass is 28.4. The highest BCUT2D eigenvalue weighted by molar-refractivity contribution is 6.78. The van der Waals surface area contributed by atoms with Crippen molar-refractivity contribution < 1.29 is 47.5 Å². The van der Waals surface area contributed by atoms with Crippen molar-refractivity contribution >= 4 is 14.3 Å². The molecule has 0 bridgehead atoms. The van der Waals surface area contributed by atoms with Gasteiger partial charge in [-0.1, -0.05) is 19.9 Å². The Morgan fingerprint density at radius 3 is 1.66 bits per heavy atom. The van der Waals surface area contributed by atoms with E-state index in [4.69, 9.17) is 37.6 Å². The van der Waals surface area contributed by atoms with Crippen LogP contribution in [0.2, 0.25) is 6.04 Å². The lowest BCUT2D eigenvalue weighted by atomic mass is 10.3. The fourth-order valence-corrected chi connectivity index (χ4v) is 7.92. The average Bonchev–Trinajstić information content (AvgIpc) is 2.71. The molecule has 0 heterocycles. The number of aliphatic hydroxyl groups excluding tert-OH is 1. The summed E-state index contributed by atoms with van der Waals surface area (Å²) >= 11 is 0. The van der Waals surface area contributed by atoms with Crippen LogP contribution in [0.25, 0.3) is 0 Å². The SMILES string of the molecule is C=C(C)C(=O)OC(CCO)O[Si](CCC)(C(OC)(OC)OC)C(OC)(OC)OC. The number of ether oxygens (including phenoxy) is 7. The molecule has 11 heteroatoms. The summed E-state index contributed by atoms with van der Waals surface area (Å²) in [6, 6.07) is 0.296. The van der Waals surface area contributed by atoms with E-state index in [2.05, 4.69) is 6.58 Å². The lowest BCUT2D eigenvalue weighted by Gasteiger charge is -2.51. The van der Waals surface area contributed by atoms with E-state index < -0.39 is 31.8 Å². The fraction of sp³-hybridized carbons (Fsp3) is 0.833. The van der Waals surface area contributed by atoms with E-state index in [0.29, 0.717) is 12.5 Å². The van der Waals surface area contributed by atoms with Crippen LogP contribution >= 0.6 is 0 Å². The summed E-state index contributed by atoms with van der Waals surface area (Å²) in [5, 5.41) is 9.50. The number of hydrogen-bond acceptors (Lipinski definition) is 10. The van der Waals surface area contributed by atoms with E-state index in [1.807, 2.05) is 6.92 Å². The smallest absolute Gasteiger partial charge is 0.398 e. The minimum absolute atomic E-state index is 0.0298. The summed E-state index contributed by atoms with van der Waals surface area (Å²) in [4.78, 5) is 12.1. The highest BCUT2D eigenvalue weighted by Gasteiger charge is 2.74. The Morgan fingerprint density at radius 1 is 0.966 bits per heavy atom. The van der Waals surface area contributed by atoms with Crippen LogP contribution < -0.4 is 0 Å². The minimum atomic E-state index is -3.81. The molecule has 1 atom stereocenters. The normalized spacial score (nSPS) is 14.0. The predicted octanol–water partition coefficient (Wildman–Crippen LogP) is 1.45. The zero-order chi connectivity index (χ0) is 22.7. The van der Waals surface area contributed by atoms with Crippen LogP contribution in [0.4, 0.5) is 0 Å². The largest absolute Gasteiger partial charge is 0.433 e. The number of aliphatic hydroxyl groups is 1. The molecule has 29 heavy (non-hydrogen) atoms. The molecular weight excluding hydrogens is 404 g/mol. The molecule has 0 aromatic carbocycles. The summed E-state index contributed by atoms with van der Waals surface area (Å²) in [6.45, 7) is 6.66. The van der Waals surface area contributed by atoms with Crippen LogP contribution in [0.3, 0.4) is 0 Å². The third kappa shape index (κ3) is 5.63. The summed E-state index contributed by atoms with van der Waals surface area (Å²) in [5.74, 6) is -0.682. The first-order valence-electron chi connectivity index (χ1n) is 9.15. The molecule has 0 amide bonds. The first kappa shape index (κ1) is 28.1. The molecule has 1 N–H and O–H groups in total. The summed E-state index contributed by atoms with van der Waals surface area (Å²) in [6.07, 6.45) is -0.651. The monoisotopic (exact) mass is 440 g/mol. The number of methoxy groups -OCH3 is 6. The maximum Gasteiger partial charge on any atom is 0.398 e. The Kier molecular flexibility index (Phi) is 12.3. The van der Waals surface area contributed by atoms with Gasteiger partial charge in [-0.3, -0.25) is 0 Å². The van der Waals surface area contributed by atoms with Crippen LogP contribution in [0.1, 0.15) is 26.7 Å². The topological polar surface area (TPSA) is 111 Å². The van der Waals surface area contributed by atoms with Gasteiger partial charge >= 0.3 is 14.3 Å². The molecule has 10 nitrogen and oxygen atoms in total. The second-order valence-electron chi connectivity index (χ2n) is 6.16. The molecule has 0 aliphatic heterocycles. The standard InChI is InChI=1S/C18H36O10Si/c1-10-13-29(17(21-4,22-5)23-6,18(24-7,25-8)26-9)28-15(11-12-19)27-16(20)14(2)3/h15,19H,2,10-13H2,1,3-9H3. The van der Waals surface area contributed by atoms with Crippen molar-refractivity contribution in [2.45, 2.75) is 50.2 Å². The lowest BCUT2D eigenvalue weighted by Crippen LogP contribution is -2.78. The van der Waals surface area contributed by atoms with Gasteiger partial charge in [-0.05, 0) is 13.0 Å². The lowest BCUT2D eigenvalue weighted by molar-refractivity contribution is -0.362. The highest BCUT2D eigenvalue weighted by Crippen LogP contribution is 2.43. The molecular formula is C18H36O10Si. The second-order valence-corrected chi connectivity index (χ2v) is 9.77. The molecule has 0 rings (SSSR count). The van der Waals surface area contributed by atoms with Gasteiger partial charge < -0.3 is 42.7 Å². The molecule has 0 aromatic heterocycles. The third-order valence-corrected chi connectivity index (χ3v) is 9.56. The summed E-state index contributed by atoms with van der Waals surface area (Å²) in [7, 11) is 4.44. The van der Waals surface area contributed by atoms with Crippen molar-refractivity contribution in [1.29, 1.82) is 0 Å². The van der Waals surface area contributed by atoms with Crippen molar-refractivity contribution in [2.75, 3.05) is 49.3 Å². The van der Waals surface area contributed by atoms with Gasteiger partial charge in [0.1, 0.15) is 0 Å². The molecule has 1 unspecified atom stereocenters. The number of hydrogen-bond donors (Lipinski definition) is 1. The molecule has 172 valence electrons. The fourth-order valence-electron chi connectivity index (χ4n) is 3.23. The molecule has 0 aliphatic carbocycles. The van der Waals surface area contributed by atoms with Gasteiger partial charge in [0.05, 0.1) is 0 Å². The molecule has 0 saturated carbocycles. The summed E-state index contributed by atoms with van der Waals surface area (Å²) < 4.78 is 45.5. The van der Waals surface area contributed by atoms with E-state index in [9.17, 15) is 9.90 Å². The molecule has 0 radical (unpaired) electrons. The van der Waals surface area contributed by atoms with Crippen molar-refractivity contribution in [1.82, 2.24) is 0 Å². The van der Waals surface area contributed by atoms with Gasteiger partial charge in [0, 0.05) is 61.3 Å². The van der Waals surface area contributed by atoms with Crippen molar-refractivity contribution in [3.63, 3.8) is 0 Å². The number of carbonyl (C=O) groups is 1. The maximum absolute atomic E-state index is 12.1. The summed E-state index contributed by atoms with van der Waals surface area (Å²) in [5.41, 5.74) is -3.37. The molecule has 0 aliphatic rings. The van der Waals surface area contributed by atoms with Gasteiger partial charge in [-0.2, -0.15) is 0 Å². The van der Waals surface area contributed by atoms with Gasteiger partial charge in [-0.25, -0.2) is 4.79 Å².